The predicted octanol–water partition coefficient (Wildman–Crippen LogP) is -0.103. The summed E-state index contributed by atoms with van der Waals surface area (Å²) < 4.78 is 9.55. The summed E-state index contributed by atoms with van der Waals surface area (Å²) >= 11 is 3.89. The zero-order chi connectivity index (χ0) is 10.6. The van der Waals surface area contributed by atoms with Gasteiger partial charge >= 0.3 is 11.9 Å². The third-order valence-electron chi connectivity index (χ3n) is 3.90. The van der Waals surface area contributed by atoms with Gasteiger partial charge in [0.05, 0.1) is 11.7 Å². The van der Waals surface area contributed by atoms with Crippen LogP contribution in [0.3, 0.4) is 0 Å². The van der Waals surface area contributed by atoms with E-state index in [1.165, 1.54) is 0 Å². The Bertz CT molecular complexity index is 329. The third kappa shape index (κ3) is 1.22. The molecule has 0 aromatic rings. The van der Waals surface area contributed by atoms with E-state index in [0.717, 1.165) is 12.8 Å². The third-order valence-corrected chi connectivity index (χ3v) is 4.16. The highest BCUT2D eigenvalue weighted by Crippen LogP contribution is 2.54. The first-order valence-electron chi connectivity index (χ1n) is 5.27. The summed E-state index contributed by atoms with van der Waals surface area (Å²) in [5, 5.41) is 0. The quantitative estimate of drug-likeness (QED) is 0.409. The summed E-state index contributed by atoms with van der Waals surface area (Å²) in [4.78, 5) is 20.8. The van der Waals surface area contributed by atoms with Crippen LogP contribution in [0.25, 0.3) is 0 Å². The SMILES string of the molecule is O=C(CS)OC1C2CC3C(=[OH+])[OH+]C1C3C2. The van der Waals surface area contributed by atoms with E-state index in [-0.39, 0.29) is 35.8 Å². The first kappa shape index (κ1) is 9.51. The lowest BCUT2D eigenvalue weighted by atomic mass is 9.88. The van der Waals surface area contributed by atoms with E-state index in [4.69, 9.17) is 4.74 Å². The average Bonchev–Trinajstić information content (AvgIpc) is 2.81. The van der Waals surface area contributed by atoms with Gasteiger partial charge in [0.15, 0.2) is 12.0 Å². The summed E-state index contributed by atoms with van der Waals surface area (Å²) in [5.41, 5.74) is 0. The first-order valence-corrected chi connectivity index (χ1v) is 5.91. The van der Waals surface area contributed by atoms with Crippen molar-refractivity contribution >= 4 is 24.6 Å². The Balaban J connectivity index is 1.78. The molecule has 1 saturated heterocycles. The Morgan fingerprint density at radius 1 is 1.60 bits per heavy atom. The number of carboxylic acids is 1. The van der Waals surface area contributed by atoms with Crippen LogP contribution in [0.2, 0.25) is 0 Å². The van der Waals surface area contributed by atoms with Gasteiger partial charge in [0.2, 0.25) is 6.10 Å². The van der Waals surface area contributed by atoms with Gasteiger partial charge in [0.25, 0.3) is 0 Å². The summed E-state index contributed by atoms with van der Waals surface area (Å²) in [6.07, 6.45) is 1.85. The maximum Gasteiger partial charge on any atom is 0.626 e. The van der Waals surface area contributed by atoms with Crippen LogP contribution in [0.4, 0.5) is 0 Å². The minimum atomic E-state index is -0.283. The topological polar surface area (TPSA) is 60.5 Å². The minimum absolute atomic E-state index is 0.0117. The van der Waals surface area contributed by atoms with Crippen LogP contribution in [0.1, 0.15) is 12.8 Å². The lowest BCUT2D eigenvalue weighted by molar-refractivity contribution is -0.158. The maximum absolute atomic E-state index is 11.2. The number of aliphatic carboxylic acids is 1. The molecule has 0 aromatic heterocycles. The van der Waals surface area contributed by atoms with Crippen molar-refractivity contribution in [2.24, 2.45) is 17.8 Å². The smallest absolute Gasteiger partial charge is 0.508 e. The van der Waals surface area contributed by atoms with Gasteiger partial charge < -0.3 is 9.47 Å². The van der Waals surface area contributed by atoms with E-state index in [1.54, 1.807) is 0 Å². The van der Waals surface area contributed by atoms with Crippen molar-refractivity contribution < 1.29 is 19.1 Å². The second-order valence-corrected chi connectivity index (χ2v) is 4.91. The van der Waals surface area contributed by atoms with Gasteiger partial charge in [0.1, 0.15) is 0 Å². The molecule has 15 heavy (non-hydrogen) atoms. The van der Waals surface area contributed by atoms with Crippen LogP contribution < -0.4 is 0 Å². The number of fused-ring (bicyclic) bond motifs is 1. The number of hydrogen-bond acceptors (Lipinski definition) is 3. The van der Waals surface area contributed by atoms with E-state index in [0.29, 0.717) is 11.8 Å². The number of rotatable bonds is 2. The highest BCUT2D eigenvalue weighted by atomic mass is 32.1. The molecule has 82 valence electrons. The number of aliphatic hydroxyl groups is 1. The van der Waals surface area contributed by atoms with Crippen LogP contribution in [0, 0.1) is 17.8 Å². The van der Waals surface area contributed by atoms with Crippen molar-refractivity contribution in [1.82, 2.24) is 0 Å². The summed E-state index contributed by atoms with van der Waals surface area (Å²) in [7, 11) is 0. The molecule has 1 aliphatic heterocycles. The van der Waals surface area contributed by atoms with Gasteiger partial charge in [-0.1, -0.05) is 0 Å². The molecule has 4 nitrogen and oxygen atoms in total. The molecule has 5 heteroatoms. The lowest BCUT2D eigenvalue weighted by Crippen LogP contribution is -2.37. The number of carbonyl (C=O) groups is 1. The fourth-order valence-electron chi connectivity index (χ4n) is 3.35. The zero-order valence-corrected chi connectivity index (χ0v) is 9.06. The average molecular weight is 230 g/mol. The highest BCUT2D eigenvalue weighted by Gasteiger charge is 2.70. The molecule has 5 atom stereocenters. The van der Waals surface area contributed by atoms with Crippen LogP contribution in [0.15, 0.2) is 0 Å². The van der Waals surface area contributed by atoms with Crippen molar-refractivity contribution in [2.75, 3.05) is 5.75 Å². The van der Waals surface area contributed by atoms with Crippen LogP contribution in [-0.4, -0.2) is 39.4 Å². The molecule has 2 aliphatic carbocycles. The molecule has 0 spiro atoms. The first-order chi connectivity index (χ1) is 7.20. The van der Waals surface area contributed by atoms with Crippen molar-refractivity contribution in [3.8, 4) is 0 Å². The van der Waals surface area contributed by atoms with Crippen molar-refractivity contribution in [2.45, 2.75) is 25.0 Å². The largest absolute Gasteiger partial charge is 0.626 e. The van der Waals surface area contributed by atoms with Gasteiger partial charge in [0, 0.05) is 5.92 Å². The molecule has 2 N–H and O–H groups in total. The van der Waals surface area contributed by atoms with Crippen molar-refractivity contribution in [3.63, 3.8) is 0 Å². The molecule has 3 rings (SSSR count). The normalized spacial score (nSPS) is 45.7. The molecule has 5 unspecified atom stereocenters. The Labute approximate surface area is 92.7 Å². The van der Waals surface area contributed by atoms with Gasteiger partial charge in [-0.05, 0) is 12.8 Å². The van der Waals surface area contributed by atoms with Crippen LogP contribution in [0.5, 0.6) is 0 Å². The predicted molar refractivity (Wildman–Crippen MR) is 56.4 cm³/mol. The zero-order valence-electron chi connectivity index (χ0n) is 8.17. The van der Waals surface area contributed by atoms with E-state index in [9.17, 15) is 9.59 Å². The molecule has 2 saturated carbocycles. The highest BCUT2D eigenvalue weighted by molar-refractivity contribution is 7.81. The number of ether oxygens (including phenoxy) is 2. The van der Waals surface area contributed by atoms with Crippen LogP contribution in [-0.2, 0) is 9.53 Å². The van der Waals surface area contributed by atoms with Crippen molar-refractivity contribution in [3.05, 3.63) is 0 Å². The monoisotopic (exact) mass is 230 g/mol. The van der Waals surface area contributed by atoms with Gasteiger partial charge in [-0.25, -0.2) is 4.79 Å². The summed E-state index contributed by atoms with van der Waals surface area (Å²) in [6.45, 7) is 0. The molecule has 2 bridgehead atoms. The minimum Gasteiger partial charge on any atom is -0.508 e. The van der Waals surface area contributed by atoms with E-state index >= 15 is 0 Å². The number of hydrogen-bond donors (Lipinski definition) is 1. The van der Waals surface area contributed by atoms with Crippen molar-refractivity contribution in [1.29, 1.82) is 0 Å². The lowest BCUT2D eigenvalue weighted by Gasteiger charge is -2.21. The molecular weight excluding hydrogens is 216 g/mol. The second-order valence-electron chi connectivity index (χ2n) is 4.59. The van der Waals surface area contributed by atoms with E-state index < -0.39 is 0 Å². The standard InChI is InChI=1S/C10H12O4S/c11-7(3-15)13-8-4-1-5-6(2-4)10(12)14-9(5)8/h4-6,8-9,15H,1-3H2/p+2. The van der Waals surface area contributed by atoms with Gasteiger partial charge in [-0.3, -0.25) is 4.79 Å². The fraction of sp³-hybridized carbons (Fsp3) is 0.800. The van der Waals surface area contributed by atoms with E-state index in [2.05, 4.69) is 17.4 Å². The molecule has 0 aromatic carbocycles. The molecule has 3 aliphatic rings. The number of carbonyl (C=O) groups excluding carboxylic acids is 1. The fourth-order valence-corrected chi connectivity index (χ4v) is 3.42. The van der Waals surface area contributed by atoms with E-state index in [1.807, 2.05) is 0 Å². The van der Waals surface area contributed by atoms with Gasteiger partial charge in [-0.15, -0.1) is 0 Å². The molecule has 0 radical (unpaired) electrons. The summed E-state index contributed by atoms with van der Waals surface area (Å²) in [5.74, 6) is 1.14. The molecular formula is C10H14O4S+2. The van der Waals surface area contributed by atoms with Gasteiger partial charge in [-0.2, -0.15) is 12.6 Å². The number of esters is 1. The Kier molecular flexibility index (Phi) is 1.99. The summed E-state index contributed by atoms with van der Waals surface area (Å²) in [6, 6.07) is 0. The Hall–Kier alpha value is -0.710. The number of thiol groups is 1. The molecule has 1 heterocycles. The Morgan fingerprint density at radius 3 is 3.13 bits per heavy atom. The molecule has 0 amide bonds. The Morgan fingerprint density at radius 2 is 2.40 bits per heavy atom. The molecule has 3 fully saturated rings. The second kappa shape index (κ2) is 3.14. The maximum atomic E-state index is 11.2. The van der Waals surface area contributed by atoms with Crippen LogP contribution >= 0.6 is 12.6 Å².